The fourth-order valence-corrected chi connectivity index (χ4v) is 16.2. The van der Waals surface area contributed by atoms with E-state index in [0.717, 1.165) is 90.3 Å². The van der Waals surface area contributed by atoms with E-state index in [2.05, 4.69) is 127 Å². The van der Waals surface area contributed by atoms with E-state index in [1.54, 1.807) is 4.68 Å². The largest absolute Gasteiger partial charge is 0.481 e. The first-order chi connectivity index (χ1) is 67.1. The molecule has 758 valence electrons. The normalized spacial score (nSPS) is 13.8. The zero-order valence-corrected chi connectivity index (χ0v) is 82.2. The number of unbranched alkanes of at least 4 members (excludes halogenated alkanes) is 1. The minimum atomic E-state index is -0.907. The number of hydrogen-bond donors (Lipinski definition) is 8. The van der Waals surface area contributed by atoms with E-state index in [1.807, 2.05) is 146 Å². The summed E-state index contributed by atoms with van der Waals surface area (Å²) in [6.07, 6.45) is 8.42. The number of benzene rings is 7. The number of ether oxygens (including phenoxy) is 12. The number of tetrazole rings is 3. The first kappa shape index (κ1) is 110. The minimum absolute atomic E-state index is 0.0385. The van der Waals surface area contributed by atoms with E-state index in [9.17, 15) is 35.1 Å². The lowest BCUT2D eigenvalue weighted by Gasteiger charge is -2.28. The summed E-state index contributed by atoms with van der Waals surface area (Å²) in [4.78, 5) is 24.3. The Bertz CT molecular complexity index is 4900. The Morgan fingerprint density at radius 2 is 0.604 bits per heavy atom. The van der Waals surface area contributed by atoms with E-state index in [4.69, 9.17) is 72.2 Å². The molecule has 3 heterocycles. The number of aliphatic carboxylic acids is 2. The Labute approximate surface area is 816 Å². The van der Waals surface area contributed by atoms with Gasteiger partial charge in [-0.3, -0.25) is 9.59 Å². The van der Waals surface area contributed by atoms with Gasteiger partial charge in [0.15, 0.2) is 17.5 Å². The fraction of sp³-hybridized carbons (Fsp3) is 0.552. The van der Waals surface area contributed by atoms with Gasteiger partial charge < -0.3 is 97.7 Å². The molecule has 0 saturated carbocycles. The van der Waals surface area contributed by atoms with Gasteiger partial charge in [-0.15, -0.1) is 15.3 Å². The molecule has 0 amide bonds. The minimum Gasteiger partial charge on any atom is -0.481 e. The zero-order chi connectivity index (χ0) is 99.2. The van der Waals surface area contributed by atoms with Crippen molar-refractivity contribution in [1.29, 1.82) is 0 Å². The summed E-state index contributed by atoms with van der Waals surface area (Å²) in [5.41, 5.74) is 7.49. The molecule has 7 aromatic carbocycles. The summed E-state index contributed by atoms with van der Waals surface area (Å²) in [7, 11) is 0. The molecule has 0 saturated heterocycles. The second kappa shape index (κ2) is 58.7. The van der Waals surface area contributed by atoms with Crippen molar-refractivity contribution in [2.75, 3.05) is 139 Å². The number of aromatic nitrogens is 12. The van der Waals surface area contributed by atoms with Crippen LogP contribution in [-0.2, 0) is 71.9 Å². The smallest absolute Gasteiger partial charge is 0.306 e. The molecule has 0 aliphatic rings. The van der Waals surface area contributed by atoms with Gasteiger partial charge in [-0.1, -0.05) is 112 Å². The van der Waals surface area contributed by atoms with Crippen LogP contribution in [-0.4, -0.2) is 270 Å². The molecule has 0 aliphatic heterocycles. The number of carboxylic acids is 2. The Balaban J connectivity index is 0.718. The van der Waals surface area contributed by atoms with E-state index in [0.29, 0.717) is 180 Å². The average molecular weight is 1930 g/mol. The van der Waals surface area contributed by atoms with Crippen LogP contribution in [0, 0.1) is 45.8 Å². The summed E-state index contributed by atoms with van der Waals surface area (Å²) < 4.78 is 75.2. The Kier molecular flexibility index (Phi) is 46.6. The highest BCUT2D eigenvalue weighted by Gasteiger charge is 2.31. The van der Waals surface area contributed by atoms with Gasteiger partial charge in [0.05, 0.1) is 155 Å². The van der Waals surface area contributed by atoms with E-state index in [1.165, 1.54) is 9.36 Å². The van der Waals surface area contributed by atoms with Crippen LogP contribution in [0.25, 0.3) is 67.5 Å². The van der Waals surface area contributed by atoms with Crippen LogP contribution in [0.3, 0.4) is 0 Å². The van der Waals surface area contributed by atoms with Crippen molar-refractivity contribution < 1.29 is 107 Å². The number of aliphatic hydroxyl groups excluding tert-OH is 6. The Hall–Kier alpha value is -10.5. The predicted octanol–water partition coefficient (Wildman–Crippen LogP) is 16.1. The Morgan fingerprint density at radius 3 is 0.921 bits per heavy atom. The monoisotopic (exact) mass is 1930 g/mol. The van der Waals surface area contributed by atoms with Crippen LogP contribution >= 0.6 is 0 Å². The SMILES string of the molecule is CC(CCOCCOCC(O)Cn1nnnc1-c1ccc(Oc2ccc(-c3cc(-c4ccc(Oc5ccc(-c6nnnn6CC(O)COCCOCCC(C)CCC(CC(C)(C)CCOCCO)C(=O)O)cc5)cc4)cc(-c4ccc(Oc5ccc(-c6nnnn6CC(O)COCCOCC(C)CCCCC(C)(C)COCCO)cc5)cc4)c3)cc2)cc1)CCC(CC(C)(C)CCOCCO)C(=O)O. The van der Waals surface area contributed by atoms with Crippen molar-refractivity contribution in [2.24, 2.45) is 45.8 Å². The van der Waals surface area contributed by atoms with Crippen molar-refractivity contribution in [3.8, 4) is 102 Å². The van der Waals surface area contributed by atoms with Crippen LogP contribution < -0.4 is 14.2 Å². The fourth-order valence-electron chi connectivity index (χ4n) is 16.2. The summed E-state index contributed by atoms with van der Waals surface area (Å²) in [5.74, 6) is 3.47. The van der Waals surface area contributed by atoms with Crippen LogP contribution in [0.15, 0.2) is 164 Å². The molecule has 34 heteroatoms. The number of nitrogens with zero attached hydrogens (tertiary/aromatic N) is 12. The van der Waals surface area contributed by atoms with Gasteiger partial charge in [-0.2, -0.15) is 0 Å². The highest BCUT2D eigenvalue weighted by Crippen LogP contribution is 2.40. The topological polar surface area (TPSA) is 438 Å². The summed E-state index contributed by atoms with van der Waals surface area (Å²) >= 11 is 0. The second-order valence-electron chi connectivity index (χ2n) is 38.5. The highest BCUT2D eigenvalue weighted by molar-refractivity contribution is 5.82. The molecule has 139 heavy (non-hydrogen) atoms. The summed E-state index contributed by atoms with van der Waals surface area (Å²) in [6, 6.07) is 52.4. The third-order valence-electron chi connectivity index (χ3n) is 24.4. The zero-order valence-electron chi connectivity index (χ0n) is 82.2. The molecule has 8 N–H and O–H groups in total. The molecule has 0 spiro atoms. The number of carbonyl (C=O) groups is 2. The van der Waals surface area contributed by atoms with Crippen LogP contribution in [0.1, 0.15) is 152 Å². The molecule has 0 radical (unpaired) electrons. The molecule has 10 aromatic rings. The predicted molar refractivity (Wildman–Crippen MR) is 525 cm³/mol. The molecule has 3 aromatic heterocycles. The van der Waals surface area contributed by atoms with Gasteiger partial charge in [-0.05, 0) is 303 Å². The van der Waals surface area contributed by atoms with E-state index < -0.39 is 42.1 Å². The summed E-state index contributed by atoms with van der Waals surface area (Å²) in [6.45, 7) is 25.6. The first-order valence-corrected chi connectivity index (χ1v) is 48.7. The molecular weight excluding hydrogens is 1780 g/mol. The van der Waals surface area contributed by atoms with Gasteiger partial charge in [0.2, 0.25) is 0 Å². The van der Waals surface area contributed by atoms with E-state index in [-0.39, 0.29) is 114 Å². The second-order valence-corrected chi connectivity index (χ2v) is 38.5. The van der Waals surface area contributed by atoms with Crippen molar-refractivity contribution >= 4 is 11.9 Å². The molecule has 0 bridgehead atoms. The first-order valence-electron chi connectivity index (χ1n) is 48.7. The maximum atomic E-state index is 12.1. The molecule has 10 rings (SSSR count). The average Bonchev–Trinajstić information content (AvgIpc) is 1.15. The molecule has 8 unspecified atom stereocenters. The van der Waals surface area contributed by atoms with E-state index >= 15 is 0 Å². The standard InChI is InChI=1S/C105H146N12O22/c1-75(13-15-84(101(124)125)65-103(4,5)44-51-130-53-46-118)41-49-128-56-58-133-71-89(121)67-115-98(106-109-112-115)81-23-35-95(36-24-81)137-92-29-17-78(18-30-92)86-62-87(64-88(63-86)80-21-33-94(34-22-80)139-97-39-27-83(28-40-97)100-108-111-114-117(100)69-91(123)73-135-61-60-132-70-77(3)12-10-11-43-105(8,9)74-136-55-48-120)79-19-31-93(32-20-79)138-96-37-25-82(26-38-96)99-107-110-113-116(99)68-90(122)72-134-59-57-129-50-42-76(2)14-16-85(102(126)127)66-104(6,7)45-52-131-54-47-119/h17-40,62-64,75-77,84-85,89-91,118-123H,10-16,41-61,65-74H2,1-9H3,(H,124,125)(H,126,127). The van der Waals surface area contributed by atoms with Gasteiger partial charge in [0.25, 0.3) is 0 Å². The lowest BCUT2D eigenvalue weighted by atomic mass is 9.78. The number of rotatable bonds is 72. The quantitative estimate of drug-likeness (QED) is 0.0164. The van der Waals surface area contributed by atoms with Gasteiger partial charge in [0.1, 0.15) is 34.5 Å². The maximum Gasteiger partial charge on any atom is 0.306 e. The van der Waals surface area contributed by atoms with Crippen LogP contribution in [0.5, 0.6) is 34.5 Å². The van der Waals surface area contributed by atoms with Gasteiger partial charge in [0, 0.05) is 49.7 Å². The highest BCUT2D eigenvalue weighted by atomic mass is 16.5. The van der Waals surface area contributed by atoms with Crippen molar-refractivity contribution in [2.45, 2.75) is 190 Å². The maximum absolute atomic E-state index is 12.1. The summed E-state index contributed by atoms with van der Waals surface area (Å²) in [5, 5.41) is 117. The third-order valence-corrected chi connectivity index (χ3v) is 24.4. The number of aliphatic hydroxyl groups is 6. The number of hydrogen-bond acceptors (Lipinski definition) is 29. The molecule has 0 aliphatic carbocycles. The van der Waals surface area contributed by atoms with Gasteiger partial charge >= 0.3 is 11.9 Å². The van der Waals surface area contributed by atoms with Crippen molar-refractivity contribution in [3.05, 3.63) is 164 Å². The van der Waals surface area contributed by atoms with Crippen LogP contribution in [0.4, 0.5) is 0 Å². The van der Waals surface area contributed by atoms with Crippen molar-refractivity contribution in [1.82, 2.24) is 60.6 Å². The van der Waals surface area contributed by atoms with Crippen molar-refractivity contribution in [3.63, 3.8) is 0 Å². The number of carboxylic acid groups (broad SMARTS) is 2. The third kappa shape index (κ3) is 39.8. The lowest BCUT2D eigenvalue weighted by molar-refractivity contribution is -0.144. The molecule has 8 atom stereocenters. The molecule has 0 fully saturated rings. The molecular formula is C105H146N12O22. The molecule has 34 nitrogen and oxygen atoms in total. The Morgan fingerprint density at radius 1 is 0.309 bits per heavy atom. The van der Waals surface area contributed by atoms with Gasteiger partial charge in [-0.25, -0.2) is 14.0 Å². The lowest BCUT2D eigenvalue weighted by Crippen LogP contribution is -2.25. The van der Waals surface area contributed by atoms with Crippen LogP contribution in [0.2, 0.25) is 0 Å².